The first kappa shape index (κ1) is 27.4. The van der Waals surface area contributed by atoms with Crippen molar-refractivity contribution in [3.05, 3.63) is 157 Å². The Bertz CT molecular complexity index is 2700. The molecular weight excluding hydrogens is 605 g/mol. The fraction of sp³-hybridized carbons (Fsp3) is 0.0682. The first-order valence-electron chi connectivity index (χ1n) is 16.4. The van der Waals surface area contributed by atoms with Crippen molar-refractivity contribution < 1.29 is 4.42 Å². The van der Waals surface area contributed by atoms with Crippen LogP contribution >= 0.6 is 11.3 Å². The number of aromatic nitrogens is 1. The molecule has 0 atom stereocenters. The van der Waals surface area contributed by atoms with Gasteiger partial charge in [-0.3, -0.25) is 0 Å². The van der Waals surface area contributed by atoms with Crippen molar-refractivity contribution in [2.75, 3.05) is 4.90 Å². The number of hydrogen-bond donors (Lipinski definition) is 0. The molecule has 0 bridgehead atoms. The summed E-state index contributed by atoms with van der Waals surface area (Å²) >= 11 is 1.85. The number of fused-ring (bicyclic) bond motifs is 8. The molecular formula is C44H30N2OS. The second-order valence-corrected chi connectivity index (χ2v) is 14.3. The number of rotatable bonds is 4. The zero-order valence-electron chi connectivity index (χ0n) is 26.6. The number of para-hydroxylation sites is 1. The normalized spacial score (nSPS) is 13.4. The van der Waals surface area contributed by atoms with Gasteiger partial charge < -0.3 is 9.32 Å². The number of anilines is 3. The summed E-state index contributed by atoms with van der Waals surface area (Å²) in [5, 5.41) is 5.04. The van der Waals surface area contributed by atoms with Crippen molar-refractivity contribution in [2.24, 2.45) is 0 Å². The van der Waals surface area contributed by atoms with E-state index in [9.17, 15) is 0 Å². The van der Waals surface area contributed by atoms with Crippen molar-refractivity contribution in [3.63, 3.8) is 0 Å². The van der Waals surface area contributed by atoms with Gasteiger partial charge in [-0.2, -0.15) is 0 Å². The molecule has 0 fully saturated rings. The van der Waals surface area contributed by atoms with Crippen molar-refractivity contribution >= 4 is 70.4 Å². The van der Waals surface area contributed by atoms with Gasteiger partial charge in [-0.1, -0.05) is 74.5 Å². The number of oxazole rings is 1. The van der Waals surface area contributed by atoms with E-state index in [0.29, 0.717) is 5.89 Å². The van der Waals surface area contributed by atoms with Gasteiger partial charge in [0, 0.05) is 48.2 Å². The van der Waals surface area contributed by atoms with Gasteiger partial charge in [0.2, 0.25) is 5.89 Å². The third-order valence-electron chi connectivity index (χ3n) is 10.0. The Labute approximate surface area is 282 Å². The lowest BCUT2D eigenvalue weighted by atomic mass is 9.82. The molecule has 1 aliphatic carbocycles. The Morgan fingerprint density at radius 1 is 0.562 bits per heavy atom. The quantitative estimate of drug-likeness (QED) is 0.193. The number of hydrogen-bond acceptors (Lipinski definition) is 4. The molecule has 0 saturated carbocycles. The first-order valence-corrected chi connectivity index (χ1v) is 17.2. The minimum atomic E-state index is -0.160. The van der Waals surface area contributed by atoms with Gasteiger partial charge in [0.15, 0.2) is 5.58 Å². The Kier molecular flexibility index (Phi) is 5.79. The second kappa shape index (κ2) is 10.1. The minimum Gasteiger partial charge on any atom is -0.436 e. The van der Waals surface area contributed by atoms with Crippen LogP contribution in [0.25, 0.3) is 64.6 Å². The summed E-state index contributed by atoms with van der Waals surface area (Å²) in [6.45, 7) is 4.65. The van der Waals surface area contributed by atoms with Gasteiger partial charge in [0.05, 0.1) is 0 Å². The van der Waals surface area contributed by atoms with Crippen LogP contribution in [0.1, 0.15) is 25.0 Å². The number of benzene rings is 7. The zero-order chi connectivity index (χ0) is 32.0. The molecule has 10 rings (SSSR count). The van der Waals surface area contributed by atoms with Gasteiger partial charge in [0.1, 0.15) is 5.52 Å². The fourth-order valence-electron chi connectivity index (χ4n) is 7.60. The average molecular weight is 635 g/mol. The van der Waals surface area contributed by atoms with E-state index < -0.39 is 0 Å². The van der Waals surface area contributed by atoms with E-state index in [-0.39, 0.29) is 5.41 Å². The molecule has 2 heterocycles. The summed E-state index contributed by atoms with van der Waals surface area (Å²) in [5.41, 5.74) is 11.1. The molecule has 0 spiro atoms. The van der Waals surface area contributed by atoms with Gasteiger partial charge in [-0.25, -0.2) is 4.98 Å². The van der Waals surface area contributed by atoms with Crippen LogP contribution in [0.5, 0.6) is 0 Å². The largest absolute Gasteiger partial charge is 0.436 e. The van der Waals surface area contributed by atoms with Crippen LogP contribution in [0.4, 0.5) is 17.1 Å². The average Bonchev–Trinajstić information content (AvgIpc) is 3.78. The summed E-state index contributed by atoms with van der Waals surface area (Å²) < 4.78 is 8.96. The predicted octanol–water partition coefficient (Wildman–Crippen LogP) is 12.8. The minimum absolute atomic E-state index is 0.160. The van der Waals surface area contributed by atoms with E-state index in [4.69, 9.17) is 9.40 Å². The maximum Gasteiger partial charge on any atom is 0.227 e. The molecule has 0 N–H and O–H groups in total. The maximum absolute atomic E-state index is 6.33. The molecule has 48 heavy (non-hydrogen) atoms. The van der Waals surface area contributed by atoms with Gasteiger partial charge >= 0.3 is 0 Å². The third kappa shape index (κ3) is 4.09. The second-order valence-electron chi connectivity index (χ2n) is 13.3. The molecule has 1 aliphatic rings. The van der Waals surface area contributed by atoms with E-state index in [2.05, 4.69) is 134 Å². The lowest BCUT2D eigenvalue weighted by Gasteiger charge is -2.26. The van der Waals surface area contributed by atoms with E-state index in [1.165, 1.54) is 53.2 Å². The monoisotopic (exact) mass is 634 g/mol. The highest BCUT2D eigenvalue weighted by Crippen LogP contribution is 2.52. The molecule has 0 aliphatic heterocycles. The maximum atomic E-state index is 6.33. The topological polar surface area (TPSA) is 29.3 Å². The molecule has 228 valence electrons. The molecule has 0 radical (unpaired) electrons. The zero-order valence-corrected chi connectivity index (χ0v) is 27.4. The summed E-state index contributed by atoms with van der Waals surface area (Å²) in [5.74, 6) is 0.657. The van der Waals surface area contributed by atoms with Crippen molar-refractivity contribution in [1.29, 1.82) is 0 Å². The summed E-state index contributed by atoms with van der Waals surface area (Å²) in [6.07, 6.45) is 0. The Morgan fingerprint density at radius 2 is 1.25 bits per heavy atom. The van der Waals surface area contributed by atoms with Gasteiger partial charge in [-0.05, 0) is 118 Å². The van der Waals surface area contributed by atoms with Crippen molar-refractivity contribution in [3.8, 4) is 22.6 Å². The Hall–Kier alpha value is -5.71. The lowest BCUT2D eigenvalue weighted by Crippen LogP contribution is -2.15. The van der Waals surface area contributed by atoms with Crippen LogP contribution in [0.2, 0.25) is 0 Å². The molecule has 7 aromatic carbocycles. The molecule has 2 aromatic heterocycles. The SMILES string of the molecule is CC1(C)c2cc3ccc(N(c4ccccc4)c4ccc5sc6ccccc6c5c4)cc3cc2-c2cc3oc(-c4ccccc4)nc3cc21. The van der Waals surface area contributed by atoms with Crippen LogP contribution in [-0.2, 0) is 5.41 Å². The van der Waals surface area contributed by atoms with Crippen LogP contribution in [-0.4, -0.2) is 4.98 Å². The highest BCUT2D eigenvalue weighted by Gasteiger charge is 2.36. The molecule has 0 saturated heterocycles. The van der Waals surface area contributed by atoms with E-state index >= 15 is 0 Å². The third-order valence-corrected chi connectivity index (χ3v) is 11.2. The van der Waals surface area contributed by atoms with Crippen LogP contribution in [0, 0.1) is 0 Å². The molecule has 0 unspecified atom stereocenters. The summed E-state index contributed by atoms with van der Waals surface area (Å²) in [7, 11) is 0. The lowest BCUT2D eigenvalue weighted by molar-refractivity contribution is 0.619. The molecule has 9 aromatic rings. The molecule has 4 heteroatoms. The summed E-state index contributed by atoms with van der Waals surface area (Å²) in [4.78, 5) is 7.27. The Balaban J connectivity index is 1.13. The molecule has 0 amide bonds. The van der Waals surface area contributed by atoms with E-state index in [1.54, 1.807) is 0 Å². The smallest absolute Gasteiger partial charge is 0.227 e. The highest BCUT2D eigenvalue weighted by atomic mass is 32.1. The summed E-state index contributed by atoms with van der Waals surface area (Å²) in [6, 6.07) is 52.4. The van der Waals surface area contributed by atoms with Gasteiger partial charge in [0.25, 0.3) is 0 Å². The van der Waals surface area contributed by atoms with E-state index in [1.807, 2.05) is 41.7 Å². The standard InChI is InChI=1S/C44H30N2OS/c1-44(2)37-23-28-17-18-31(46(30-13-7-4-8-14-30)32-19-20-42-36(24-32)33-15-9-10-16-41(33)48-42)21-29(28)22-34(37)35-25-40-39(26-38(35)44)45-43(47-40)27-11-5-3-6-12-27/h3-26H,1-2H3. The van der Waals surface area contributed by atoms with Crippen molar-refractivity contribution in [2.45, 2.75) is 19.3 Å². The van der Waals surface area contributed by atoms with Crippen LogP contribution in [0.3, 0.4) is 0 Å². The first-order chi connectivity index (χ1) is 23.5. The fourth-order valence-corrected chi connectivity index (χ4v) is 8.69. The molecule has 3 nitrogen and oxygen atoms in total. The van der Waals surface area contributed by atoms with Crippen LogP contribution in [0.15, 0.2) is 150 Å². The number of thiophene rings is 1. The Morgan fingerprint density at radius 3 is 2.10 bits per heavy atom. The van der Waals surface area contributed by atoms with Gasteiger partial charge in [-0.15, -0.1) is 11.3 Å². The van der Waals surface area contributed by atoms with Crippen LogP contribution < -0.4 is 4.90 Å². The number of nitrogens with zero attached hydrogens (tertiary/aromatic N) is 2. The predicted molar refractivity (Wildman–Crippen MR) is 202 cm³/mol. The van der Waals surface area contributed by atoms with Crippen molar-refractivity contribution in [1.82, 2.24) is 4.98 Å². The highest BCUT2D eigenvalue weighted by molar-refractivity contribution is 7.25. The van der Waals surface area contributed by atoms with E-state index in [0.717, 1.165) is 33.7 Å².